The lowest BCUT2D eigenvalue weighted by Crippen LogP contribution is -2.28. The highest BCUT2D eigenvalue weighted by Crippen LogP contribution is 1.93. The second-order valence-electron chi connectivity index (χ2n) is 3.26. The van der Waals surface area contributed by atoms with Gasteiger partial charge in [0.25, 0.3) is 0 Å². The molecule has 1 heterocycles. The van der Waals surface area contributed by atoms with Gasteiger partial charge in [0.05, 0.1) is 31.2 Å². The Hall–Kier alpha value is -1.09. The highest BCUT2D eigenvalue weighted by atomic mass is 32.2. The van der Waals surface area contributed by atoms with Gasteiger partial charge >= 0.3 is 0 Å². The van der Waals surface area contributed by atoms with Crippen molar-refractivity contribution in [1.29, 1.82) is 0 Å². The van der Waals surface area contributed by atoms with Crippen LogP contribution < -0.4 is 10.5 Å². The monoisotopic (exact) mass is 260 g/mol. The molecule has 0 unspecified atom stereocenters. The van der Waals surface area contributed by atoms with Gasteiger partial charge in [0.15, 0.2) is 0 Å². The molecule has 0 fully saturated rings. The first-order valence-electron chi connectivity index (χ1n) is 5.16. The SMILES string of the molecule is NCCOCCS(=O)(=O)NCc1cccnn1. The van der Waals surface area contributed by atoms with Crippen molar-refractivity contribution in [2.24, 2.45) is 5.73 Å². The molecule has 0 aliphatic carbocycles. The quantitative estimate of drug-likeness (QED) is 0.573. The molecular formula is C9H16N4O3S. The van der Waals surface area contributed by atoms with Crippen LogP contribution in [-0.4, -0.2) is 44.1 Å². The third kappa shape index (κ3) is 6.27. The van der Waals surface area contributed by atoms with Crippen LogP contribution in [0.1, 0.15) is 5.69 Å². The highest BCUT2D eigenvalue weighted by molar-refractivity contribution is 7.89. The third-order valence-electron chi connectivity index (χ3n) is 1.86. The summed E-state index contributed by atoms with van der Waals surface area (Å²) in [5, 5.41) is 7.42. The van der Waals surface area contributed by atoms with E-state index in [0.717, 1.165) is 0 Å². The number of nitrogens with two attached hydrogens (primary N) is 1. The van der Waals surface area contributed by atoms with E-state index in [0.29, 0.717) is 18.8 Å². The Labute approximate surface area is 100 Å². The summed E-state index contributed by atoms with van der Waals surface area (Å²) in [7, 11) is -3.34. The molecule has 0 amide bonds. The van der Waals surface area contributed by atoms with E-state index in [1.54, 1.807) is 12.1 Å². The maximum absolute atomic E-state index is 11.5. The van der Waals surface area contributed by atoms with Crippen LogP contribution in [-0.2, 0) is 21.3 Å². The molecule has 0 aromatic carbocycles. The molecule has 3 N–H and O–H groups in total. The molecule has 0 spiro atoms. The van der Waals surface area contributed by atoms with E-state index in [-0.39, 0.29) is 18.9 Å². The molecule has 0 aliphatic heterocycles. The molecule has 0 saturated carbocycles. The number of nitrogens with zero attached hydrogens (tertiary/aromatic N) is 2. The summed E-state index contributed by atoms with van der Waals surface area (Å²) in [6.45, 7) is 1.01. The van der Waals surface area contributed by atoms with E-state index in [1.165, 1.54) is 6.20 Å². The van der Waals surface area contributed by atoms with E-state index < -0.39 is 10.0 Å². The summed E-state index contributed by atoms with van der Waals surface area (Å²) >= 11 is 0. The second kappa shape index (κ2) is 7.28. The summed E-state index contributed by atoms with van der Waals surface area (Å²) in [6, 6.07) is 3.39. The average Bonchev–Trinajstić information content (AvgIpc) is 2.34. The van der Waals surface area contributed by atoms with E-state index >= 15 is 0 Å². The van der Waals surface area contributed by atoms with Gasteiger partial charge in [0, 0.05) is 12.7 Å². The molecule has 7 nitrogen and oxygen atoms in total. The van der Waals surface area contributed by atoms with Crippen LogP contribution in [0.25, 0.3) is 0 Å². The Morgan fingerprint density at radius 2 is 2.24 bits per heavy atom. The van der Waals surface area contributed by atoms with Gasteiger partial charge in [-0.1, -0.05) is 0 Å². The fraction of sp³-hybridized carbons (Fsp3) is 0.556. The Bertz CT molecular complexity index is 410. The van der Waals surface area contributed by atoms with Crippen molar-refractivity contribution in [3.05, 3.63) is 24.0 Å². The van der Waals surface area contributed by atoms with Crippen molar-refractivity contribution in [3.8, 4) is 0 Å². The number of ether oxygens (including phenoxy) is 1. The predicted molar refractivity (Wildman–Crippen MR) is 62.5 cm³/mol. The minimum atomic E-state index is -3.34. The number of rotatable bonds is 8. The van der Waals surface area contributed by atoms with Gasteiger partial charge in [0.2, 0.25) is 10.0 Å². The fourth-order valence-corrected chi connectivity index (χ4v) is 1.89. The number of hydrogen-bond donors (Lipinski definition) is 2. The lowest BCUT2D eigenvalue weighted by molar-refractivity contribution is 0.156. The zero-order valence-electron chi connectivity index (χ0n) is 9.37. The standard InChI is InChI=1S/C9H16N4O3S/c10-3-5-16-6-7-17(14,15)12-8-9-2-1-4-11-13-9/h1-2,4,12H,3,5-8,10H2. The number of nitrogens with one attached hydrogen (secondary N) is 1. The summed E-state index contributed by atoms with van der Waals surface area (Å²) in [4.78, 5) is 0. The van der Waals surface area contributed by atoms with Crippen molar-refractivity contribution in [2.45, 2.75) is 6.54 Å². The van der Waals surface area contributed by atoms with Gasteiger partial charge in [-0.05, 0) is 12.1 Å². The molecule has 96 valence electrons. The summed E-state index contributed by atoms with van der Waals surface area (Å²) < 4.78 is 30.4. The lowest BCUT2D eigenvalue weighted by Gasteiger charge is -2.06. The Balaban J connectivity index is 2.30. The molecule has 0 atom stereocenters. The molecular weight excluding hydrogens is 244 g/mol. The largest absolute Gasteiger partial charge is 0.379 e. The van der Waals surface area contributed by atoms with Gasteiger partial charge in [-0.25, -0.2) is 13.1 Å². The number of aromatic nitrogens is 2. The average molecular weight is 260 g/mol. The number of hydrogen-bond acceptors (Lipinski definition) is 6. The maximum atomic E-state index is 11.5. The molecule has 0 aliphatic rings. The molecule has 1 rings (SSSR count). The van der Waals surface area contributed by atoms with Crippen LogP contribution in [0, 0.1) is 0 Å². The summed E-state index contributed by atoms with van der Waals surface area (Å²) in [5.74, 6) is -0.0900. The zero-order chi connectivity index (χ0) is 12.6. The van der Waals surface area contributed by atoms with Crippen LogP contribution in [0.4, 0.5) is 0 Å². The van der Waals surface area contributed by atoms with Gasteiger partial charge in [-0.2, -0.15) is 10.2 Å². The maximum Gasteiger partial charge on any atom is 0.214 e. The van der Waals surface area contributed by atoms with Gasteiger partial charge < -0.3 is 10.5 Å². The zero-order valence-corrected chi connectivity index (χ0v) is 10.2. The van der Waals surface area contributed by atoms with Crippen LogP contribution in [0.5, 0.6) is 0 Å². The molecule has 1 aromatic rings. The van der Waals surface area contributed by atoms with Gasteiger partial charge in [-0.15, -0.1) is 0 Å². The van der Waals surface area contributed by atoms with Crippen molar-refractivity contribution >= 4 is 10.0 Å². The smallest absolute Gasteiger partial charge is 0.214 e. The molecule has 0 saturated heterocycles. The van der Waals surface area contributed by atoms with E-state index in [1.807, 2.05) is 0 Å². The Morgan fingerprint density at radius 3 is 2.88 bits per heavy atom. The third-order valence-corrected chi connectivity index (χ3v) is 3.15. The summed E-state index contributed by atoms with van der Waals surface area (Å²) in [5.41, 5.74) is 5.78. The predicted octanol–water partition coefficient (Wildman–Crippen LogP) is -1.13. The van der Waals surface area contributed by atoms with Crippen molar-refractivity contribution in [3.63, 3.8) is 0 Å². The van der Waals surface area contributed by atoms with E-state index in [4.69, 9.17) is 10.5 Å². The van der Waals surface area contributed by atoms with Crippen molar-refractivity contribution < 1.29 is 13.2 Å². The normalized spacial score (nSPS) is 11.6. The van der Waals surface area contributed by atoms with Crippen LogP contribution in [0.2, 0.25) is 0 Å². The molecule has 0 radical (unpaired) electrons. The second-order valence-corrected chi connectivity index (χ2v) is 5.18. The minimum Gasteiger partial charge on any atom is -0.379 e. The van der Waals surface area contributed by atoms with Gasteiger partial charge in [0.1, 0.15) is 0 Å². The first-order chi connectivity index (χ1) is 8.14. The minimum absolute atomic E-state index is 0.0900. The molecule has 8 heteroatoms. The fourth-order valence-electron chi connectivity index (χ4n) is 1.04. The van der Waals surface area contributed by atoms with Crippen LogP contribution in [0.15, 0.2) is 18.3 Å². The van der Waals surface area contributed by atoms with Crippen LogP contribution in [0.3, 0.4) is 0 Å². The lowest BCUT2D eigenvalue weighted by atomic mass is 10.4. The Morgan fingerprint density at radius 1 is 1.41 bits per heavy atom. The molecule has 1 aromatic heterocycles. The van der Waals surface area contributed by atoms with E-state index in [9.17, 15) is 8.42 Å². The summed E-state index contributed by atoms with van der Waals surface area (Å²) in [6.07, 6.45) is 1.53. The first-order valence-corrected chi connectivity index (χ1v) is 6.81. The highest BCUT2D eigenvalue weighted by Gasteiger charge is 2.09. The van der Waals surface area contributed by atoms with Gasteiger partial charge in [-0.3, -0.25) is 0 Å². The topological polar surface area (TPSA) is 107 Å². The first kappa shape index (κ1) is 14.0. The van der Waals surface area contributed by atoms with E-state index in [2.05, 4.69) is 14.9 Å². The molecule has 17 heavy (non-hydrogen) atoms. The van der Waals surface area contributed by atoms with Crippen molar-refractivity contribution in [1.82, 2.24) is 14.9 Å². The Kier molecular flexibility index (Phi) is 5.98. The van der Waals surface area contributed by atoms with Crippen molar-refractivity contribution in [2.75, 3.05) is 25.5 Å². The van der Waals surface area contributed by atoms with Crippen LogP contribution >= 0.6 is 0 Å². The number of sulfonamides is 1. The molecule has 0 bridgehead atoms.